The Balaban J connectivity index is 2.11. The van der Waals surface area contributed by atoms with E-state index in [0.29, 0.717) is 12.8 Å². The SMILES string of the molecule is NC1=NC2(CCCCC2)N(c2ccc(Cl)c(C(F)(F)F)c2)C(N)=N1. The van der Waals surface area contributed by atoms with Crippen molar-refractivity contribution in [2.45, 2.75) is 43.9 Å². The van der Waals surface area contributed by atoms with Crippen LogP contribution in [0.1, 0.15) is 37.7 Å². The normalized spacial score (nSPS) is 20.8. The largest absolute Gasteiger partial charge is 0.417 e. The van der Waals surface area contributed by atoms with Crippen molar-refractivity contribution in [3.63, 3.8) is 0 Å². The van der Waals surface area contributed by atoms with E-state index in [9.17, 15) is 13.2 Å². The van der Waals surface area contributed by atoms with E-state index in [1.54, 1.807) is 4.90 Å². The Morgan fingerprint density at radius 2 is 1.79 bits per heavy atom. The molecule has 1 saturated carbocycles. The van der Waals surface area contributed by atoms with Crippen LogP contribution >= 0.6 is 11.6 Å². The van der Waals surface area contributed by atoms with Gasteiger partial charge in [-0.3, -0.25) is 4.90 Å². The second kappa shape index (κ2) is 5.84. The van der Waals surface area contributed by atoms with Crippen molar-refractivity contribution in [3.05, 3.63) is 28.8 Å². The third kappa shape index (κ3) is 2.90. The number of nitrogens with two attached hydrogens (primary N) is 2. The van der Waals surface area contributed by atoms with Crippen molar-refractivity contribution in [1.29, 1.82) is 0 Å². The summed E-state index contributed by atoms with van der Waals surface area (Å²) in [6.07, 6.45) is -0.449. The highest BCUT2D eigenvalue weighted by atomic mass is 35.5. The van der Waals surface area contributed by atoms with Gasteiger partial charge in [-0.25, -0.2) is 4.99 Å². The molecule has 1 spiro atoms. The maximum absolute atomic E-state index is 13.2. The minimum Gasteiger partial charge on any atom is -0.369 e. The van der Waals surface area contributed by atoms with E-state index in [0.717, 1.165) is 25.3 Å². The highest BCUT2D eigenvalue weighted by Crippen LogP contribution is 2.42. The van der Waals surface area contributed by atoms with Crippen LogP contribution in [0.3, 0.4) is 0 Å². The molecule has 0 aromatic heterocycles. The van der Waals surface area contributed by atoms with E-state index in [1.165, 1.54) is 12.1 Å². The first-order valence-corrected chi connectivity index (χ1v) is 7.97. The molecule has 2 aliphatic rings. The van der Waals surface area contributed by atoms with Gasteiger partial charge in [0.15, 0.2) is 0 Å². The van der Waals surface area contributed by atoms with Crippen LogP contribution in [0.25, 0.3) is 0 Å². The van der Waals surface area contributed by atoms with Gasteiger partial charge in [0, 0.05) is 5.69 Å². The minimum absolute atomic E-state index is 0.0415. The molecule has 9 heteroatoms. The average molecular weight is 360 g/mol. The number of anilines is 1. The van der Waals surface area contributed by atoms with Gasteiger partial charge in [-0.2, -0.15) is 18.2 Å². The smallest absolute Gasteiger partial charge is 0.369 e. The summed E-state index contributed by atoms with van der Waals surface area (Å²) in [6.45, 7) is 0. The first-order chi connectivity index (χ1) is 11.2. The summed E-state index contributed by atoms with van der Waals surface area (Å²) in [4.78, 5) is 9.92. The minimum atomic E-state index is -4.56. The molecular weight excluding hydrogens is 343 g/mol. The third-order valence-corrected chi connectivity index (χ3v) is 4.69. The molecule has 0 amide bonds. The van der Waals surface area contributed by atoms with Gasteiger partial charge in [-0.1, -0.05) is 18.0 Å². The molecule has 0 atom stereocenters. The Morgan fingerprint density at radius 1 is 1.12 bits per heavy atom. The molecule has 0 saturated heterocycles. The van der Waals surface area contributed by atoms with Gasteiger partial charge >= 0.3 is 6.18 Å². The summed E-state index contributed by atoms with van der Waals surface area (Å²) >= 11 is 5.71. The van der Waals surface area contributed by atoms with E-state index in [-0.39, 0.29) is 22.6 Å². The van der Waals surface area contributed by atoms with Crippen LogP contribution in [0.2, 0.25) is 5.02 Å². The van der Waals surface area contributed by atoms with Gasteiger partial charge in [0.2, 0.25) is 11.9 Å². The maximum Gasteiger partial charge on any atom is 0.417 e. The fourth-order valence-electron chi connectivity index (χ4n) is 3.36. The lowest BCUT2D eigenvalue weighted by Gasteiger charge is -2.45. The van der Waals surface area contributed by atoms with E-state index in [1.807, 2.05) is 0 Å². The zero-order valence-corrected chi connectivity index (χ0v) is 13.5. The van der Waals surface area contributed by atoms with Crippen molar-refractivity contribution in [2.75, 3.05) is 4.90 Å². The molecule has 0 bridgehead atoms. The standard InChI is InChI=1S/C15H17ClF3N5/c16-11-5-4-9(8-10(11)15(17,18)19)24-13(21)22-12(20)23-14(24)6-2-1-3-7-14/h4-5,8H,1-3,6-7H2,(H4,20,21,22,23). The van der Waals surface area contributed by atoms with E-state index >= 15 is 0 Å². The van der Waals surface area contributed by atoms with Gasteiger partial charge < -0.3 is 11.5 Å². The fourth-order valence-corrected chi connectivity index (χ4v) is 3.59. The lowest BCUT2D eigenvalue weighted by atomic mass is 9.87. The summed E-state index contributed by atoms with van der Waals surface area (Å²) < 4.78 is 39.5. The van der Waals surface area contributed by atoms with Crippen LogP contribution in [-0.4, -0.2) is 17.6 Å². The van der Waals surface area contributed by atoms with Gasteiger partial charge in [0.1, 0.15) is 5.66 Å². The fraction of sp³-hybridized carbons (Fsp3) is 0.467. The molecule has 0 unspecified atom stereocenters. The molecule has 1 aromatic rings. The summed E-state index contributed by atoms with van der Waals surface area (Å²) in [5.74, 6) is 0.0931. The molecule has 4 N–H and O–H groups in total. The van der Waals surface area contributed by atoms with Gasteiger partial charge in [-0.05, 0) is 43.9 Å². The molecule has 24 heavy (non-hydrogen) atoms. The van der Waals surface area contributed by atoms with Crippen LogP contribution in [0.15, 0.2) is 28.2 Å². The number of benzene rings is 1. The topological polar surface area (TPSA) is 80.0 Å². The van der Waals surface area contributed by atoms with Crippen LogP contribution in [0.5, 0.6) is 0 Å². The Bertz CT molecular complexity index is 708. The van der Waals surface area contributed by atoms with Crippen LogP contribution in [0, 0.1) is 0 Å². The maximum atomic E-state index is 13.2. The molecule has 130 valence electrons. The zero-order chi connectivity index (χ0) is 17.5. The number of aliphatic imine (C=N–C) groups is 2. The molecule has 1 aliphatic heterocycles. The highest BCUT2D eigenvalue weighted by Gasteiger charge is 2.43. The number of rotatable bonds is 1. The van der Waals surface area contributed by atoms with Crippen molar-refractivity contribution < 1.29 is 13.2 Å². The Morgan fingerprint density at radius 3 is 2.42 bits per heavy atom. The number of hydrogen-bond acceptors (Lipinski definition) is 5. The number of halogens is 4. The van der Waals surface area contributed by atoms with E-state index in [4.69, 9.17) is 23.1 Å². The second-order valence-corrected chi connectivity index (χ2v) is 6.39. The lowest BCUT2D eigenvalue weighted by molar-refractivity contribution is -0.137. The van der Waals surface area contributed by atoms with Crippen LogP contribution in [0.4, 0.5) is 18.9 Å². The molecule has 3 rings (SSSR count). The first-order valence-electron chi connectivity index (χ1n) is 7.59. The summed E-state index contributed by atoms with van der Waals surface area (Å²) in [7, 11) is 0. The third-order valence-electron chi connectivity index (χ3n) is 4.36. The lowest BCUT2D eigenvalue weighted by Crippen LogP contribution is -2.58. The number of hydrogen-bond donors (Lipinski definition) is 2. The summed E-state index contributed by atoms with van der Waals surface area (Å²) in [5, 5.41) is -0.362. The van der Waals surface area contributed by atoms with E-state index < -0.39 is 17.4 Å². The van der Waals surface area contributed by atoms with Gasteiger partial charge in [0.05, 0.1) is 10.6 Å². The van der Waals surface area contributed by atoms with Crippen LogP contribution in [-0.2, 0) is 6.18 Å². The number of nitrogens with zero attached hydrogens (tertiary/aromatic N) is 3. The van der Waals surface area contributed by atoms with Crippen molar-refractivity contribution in [2.24, 2.45) is 21.5 Å². The average Bonchev–Trinajstić information content (AvgIpc) is 2.47. The summed E-state index contributed by atoms with van der Waals surface area (Å²) in [6, 6.07) is 3.69. The van der Waals surface area contributed by atoms with Gasteiger partial charge in [0.25, 0.3) is 0 Å². The van der Waals surface area contributed by atoms with Crippen molar-refractivity contribution >= 4 is 29.2 Å². The van der Waals surface area contributed by atoms with Gasteiger partial charge in [-0.15, -0.1) is 0 Å². The molecule has 5 nitrogen and oxygen atoms in total. The predicted molar refractivity (Wildman–Crippen MR) is 88.0 cm³/mol. The van der Waals surface area contributed by atoms with Crippen molar-refractivity contribution in [1.82, 2.24) is 0 Å². The van der Waals surface area contributed by atoms with Crippen molar-refractivity contribution in [3.8, 4) is 0 Å². The molecular formula is C15H17ClF3N5. The Hall–Kier alpha value is -1.96. The predicted octanol–water partition coefficient (Wildman–Crippen LogP) is 3.47. The molecule has 0 radical (unpaired) electrons. The second-order valence-electron chi connectivity index (χ2n) is 5.98. The molecule has 1 aromatic carbocycles. The zero-order valence-electron chi connectivity index (χ0n) is 12.8. The Kier molecular flexibility index (Phi) is 4.11. The highest BCUT2D eigenvalue weighted by molar-refractivity contribution is 6.31. The van der Waals surface area contributed by atoms with Crippen LogP contribution < -0.4 is 16.4 Å². The Labute approximate surface area is 142 Å². The van der Waals surface area contributed by atoms with E-state index in [2.05, 4.69) is 9.98 Å². The molecule has 1 heterocycles. The number of alkyl halides is 3. The monoisotopic (exact) mass is 359 g/mol. The molecule has 1 aliphatic carbocycles. The quantitative estimate of drug-likeness (QED) is 0.805. The summed E-state index contributed by atoms with van der Waals surface area (Å²) in [5.41, 5.74) is 10.3. The molecule has 1 fully saturated rings. The first kappa shape index (κ1) is 16.9. The number of guanidine groups is 2.